The number of carbonyl (C=O) groups excluding carboxylic acids is 1. The number of hydrogen-bond donors (Lipinski definition) is 2. The smallest absolute Gasteiger partial charge is 0.327 e. The van der Waals surface area contributed by atoms with Crippen molar-refractivity contribution in [3.8, 4) is 0 Å². The summed E-state index contributed by atoms with van der Waals surface area (Å²) in [5, 5.41) is 12.6. The molecule has 2 aliphatic heterocycles. The van der Waals surface area contributed by atoms with E-state index in [1.165, 1.54) is 4.90 Å². The minimum atomic E-state index is -0.939. The molecule has 0 radical (unpaired) electrons. The van der Waals surface area contributed by atoms with Crippen molar-refractivity contribution in [2.75, 3.05) is 11.4 Å². The maximum Gasteiger partial charge on any atom is 0.327 e. The van der Waals surface area contributed by atoms with Crippen LogP contribution in [0.5, 0.6) is 0 Å². The number of rotatable bonds is 2. The van der Waals surface area contributed by atoms with Crippen LogP contribution in [0.3, 0.4) is 0 Å². The maximum absolute atomic E-state index is 12.7. The largest absolute Gasteiger partial charge is 0.480 e. The monoisotopic (exact) mass is 274 g/mol. The number of carbonyl (C=O) groups is 2. The second-order valence-electron chi connectivity index (χ2n) is 5.40. The number of anilines is 1. The molecule has 0 aliphatic carbocycles. The maximum atomic E-state index is 12.7. The van der Waals surface area contributed by atoms with Gasteiger partial charge < -0.3 is 10.4 Å². The van der Waals surface area contributed by atoms with Gasteiger partial charge in [0.05, 0.1) is 6.04 Å². The molecule has 0 spiro atoms. The molecule has 1 aromatic carbocycles. The van der Waals surface area contributed by atoms with E-state index < -0.39 is 12.0 Å². The molecule has 0 saturated carbocycles. The van der Waals surface area contributed by atoms with Crippen LogP contribution in [0.4, 0.5) is 5.69 Å². The number of nitrogens with one attached hydrogen (secondary N) is 1. The Morgan fingerprint density at radius 1 is 1.25 bits per heavy atom. The zero-order valence-corrected chi connectivity index (χ0v) is 11.2. The number of hydrogen-bond acceptors (Lipinski definition) is 3. The highest BCUT2D eigenvalue weighted by Crippen LogP contribution is 2.33. The molecule has 20 heavy (non-hydrogen) atoms. The van der Waals surface area contributed by atoms with E-state index >= 15 is 0 Å². The average Bonchev–Trinajstić information content (AvgIpc) is 2.87. The number of carboxylic acid groups (broad SMARTS) is 1. The standard InChI is InChI=1S/C15H18N2O3/c18-14(11-6-3-4-8-16-11)17-12-7-2-1-5-10(12)9-13(17)15(19)20/h1-2,5,7,11,13,16H,3-4,6,8-9H2,(H,19,20). The lowest BCUT2D eigenvalue weighted by atomic mass is 10.0. The Balaban J connectivity index is 1.91. The van der Waals surface area contributed by atoms with Gasteiger partial charge >= 0.3 is 5.97 Å². The lowest BCUT2D eigenvalue weighted by Crippen LogP contribution is -2.53. The van der Waals surface area contributed by atoms with Gasteiger partial charge in [0, 0.05) is 12.1 Å². The summed E-state index contributed by atoms with van der Waals surface area (Å²) in [6.07, 6.45) is 3.26. The van der Waals surface area contributed by atoms with E-state index in [2.05, 4.69) is 5.32 Å². The Morgan fingerprint density at radius 2 is 2.05 bits per heavy atom. The van der Waals surface area contributed by atoms with Crippen molar-refractivity contribution < 1.29 is 14.7 Å². The molecule has 1 amide bonds. The van der Waals surface area contributed by atoms with Crippen molar-refractivity contribution in [3.63, 3.8) is 0 Å². The third-order valence-electron chi connectivity index (χ3n) is 4.11. The first-order valence-corrected chi connectivity index (χ1v) is 7.05. The van der Waals surface area contributed by atoms with Crippen LogP contribution in [-0.4, -0.2) is 35.6 Å². The van der Waals surface area contributed by atoms with E-state index in [9.17, 15) is 14.7 Å². The molecule has 5 heteroatoms. The van der Waals surface area contributed by atoms with Gasteiger partial charge in [0.2, 0.25) is 5.91 Å². The predicted octanol–water partition coefficient (Wildman–Crippen LogP) is 1.17. The summed E-state index contributed by atoms with van der Waals surface area (Å²) in [4.78, 5) is 25.6. The lowest BCUT2D eigenvalue weighted by molar-refractivity contribution is -0.140. The quantitative estimate of drug-likeness (QED) is 0.849. The number of aliphatic carboxylic acids is 1. The fourth-order valence-electron chi connectivity index (χ4n) is 3.09. The van der Waals surface area contributed by atoms with Crippen molar-refractivity contribution in [1.82, 2.24) is 5.32 Å². The first-order chi connectivity index (χ1) is 9.68. The summed E-state index contributed by atoms with van der Waals surface area (Å²) in [5.74, 6) is -1.05. The third-order valence-corrected chi connectivity index (χ3v) is 4.11. The molecule has 0 bridgehead atoms. The molecule has 0 aromatic heterocycles. The Bertz CT molecular complexity index is 538. The molecule has 3 rings (SSSR count). The third kappa shape index (κ3) is 2.18. The van der Waals surface area contributed by atoms with Crippen LogP contribution in [0.15, 0.2) is 24.3 Å². The molecule has 2 heterocycles. The normalized spacial score (nSPS) is 25.3. The summed E-state index contributed by atoms with van der Waals surface area (Å²) in [7, 11) is 0. The van der Waals surface area contributed by atoms with Gasteiger partial charge in [0.15, 0.2) is 0 Å². The summed E-state index contributed by atoms with van der Waals surface area (Å²) in [5.41, 5.74) is 1.68. The highest BCUT2D eigenvalue weighted by atomic mass is 16.4. The van der Waals surface area contributed by atoms with Gasteiger partial charge in [-0.3, -0.25) is 9.69 Å². The molecule has 1 fully saturated rings. The SMILES string of the molecule is O=C(O)C1Cc2ccccc2N1C(=O)C1CCCCN1. The van der Waals surface area contributed by atoms with Crippen molar-refractivity contribution in [3.05, 3.63) is 29.8 Å². The van der Waals surface area contributed by atoms with Crippen molar-refractivity contribution in [2.45, 2.75) is 37.8 Å². The van der Waals surface area contributed by atoms with E-state index in [0.717, 1.165) is 37.1 Å². The van der Waals surface area contributed by atoms with Crippen LogP contribution in [-0.2, 0) is 16.0 Å². The number of para-hydroxylation sites is 1. The first kappa shape index (κ1) is 13.1. The van der Waals surface area contributed by atoms with Gasteiger partial charge in [-0.15, -0.1) is 0 Å². The molecule has 1 saturated heterocycles. The summed E-state index contributed by atoms with van der Waals surface area (Å²) in [6.45, 7) is 0.823. The molecule has 1 aromatic rings. The van der Waals surface area contributed by atoms with Crippen LogP contribution in [0.25, 0.3) is 0 Å². The summed E-state index contributed by atoms with van der Waals surface area (Å²) in [6, 6.07) is 6.43. The van der Waals surface area contributed by atoms with Crippen LogP contribution >= 0.6 is 0 Å². The zero-order valence-electron chi connectivity index (χ0n) is 11.2. The Morgan fingerprint density at radius 3 is 2.75 bits per heavy atom. The molecule has 2 N–H and O–H groups in total. The lowest BCUT2D eigenvalue weighted by Gasteiger charge is -2.30. The summed E-state index contributed by atoms with van der Waals surface area (Å²) >= 11 is 0. The molecule has 2 atom stereocenters. The average molecular weight is 274 g/mol. The van der Waals surface area contributed by atoms with Gasteiger partial charge in [-0.1, -0.05) is 24.6 Å². The Kier molecular flexibility index (Phi) is 3.44. The van der Waals surface area contributed by atoms with E-state index in [1.54, 1.807) is 0 Å². The van der Waals surface area contributed by atoms with Crippen molar-refractivity contribution in [2.24, 2.45) is 0 Å². The van der Waals surface area contributed by atoms with Gasteiger partial charge in [0.25, 0.3) is 0 Å². The van der Waals surface area contributed by atoms with Gasteiger partial charge in [-0.25, -0.2) is 4.79 Å². The number of nitrogens with zero attached hydrogens (tertiary/aromatic N) is 1. The van der Waals surface area contributed by atoms with Crippen molar-refractivity contribution >= 4 is 17.6 Å². The highest BCUT2D eigenvalue weighted by Gasteiger charge is 2.40. The van der Waals surface area contributed by atoms with Gasteiger partial charge in [0.1, 0.15) is 6.04 Å². The van der Waals surface area contributed by atoms with Crippen LogP contribution < -0.4 is 10.2 Å². The summed E-state index contributed by atoms with van der Waals surface area (Å²) < 4.78 is 0. The second kappa shape index (κ2) is 5.25. The molecule has 106 valence electrons. The van der Waals surface area contributed by atoms with E-state index in [4.69, 9.17) is 0 Å². The molecular formula is C15H18N2O3. The van der Waals surface area contributed by atoms with Crippen LogP contribution in [0.2, 0.25) is 0 Å². The fraction of sp³-hybridized carbons (Fsp3) is 0.467. The minimum Gasteiger partial charge on any atom is -0.480 e. The fourth-order valence-corrected chi connectivity index (χ4v) is 3.09. The van der Waals surface area contributed by atoms with E-state index in [0.29, 0.717) is 6.42 Å². The molecular weight excluding hydrogens is 256 g/mol. The first-order valence-electron chi connectivity index (χ1n) is 7.05. The van der Waals surface area contributed by atoms with Gasteiger partial charge in [-0.2, -0.15) is 0 Å². The second-order valence-corrected chi connectivity index (χ2v) is 5.40. The zero-order chi connectivity index (χ0) is 14.1. The molecule has 5 nitrogen and oxygen atoms in total. The number of amides is 1. The van der Waals surface area contributed by atoms with E-state index in [1.807, 2.05) is 24.3 Å². The highest BCUT2D eigenvalue weighted by molar-refractivity contribution is 6.04. The predicted molar refractivity (Wildman–Crippen MR) is 74.7 cm³/mol. The number of carboxylic acids is 1. The van der Waals surface area contributed by atoms with Crippen molar-refractivity contribution in [1.29, 1.82) is 0 Å². The topological polar surface area (TPSA) is 69.6 Å². The minimum absolute atomic E-state index is 0.109. The van der Waals surface area contributed by atoms with Gasteiger partial charge in [-0.05, 0) is 31.0 Å². The van der Waals surface area contributed by atoms with E-state index in [-0.39, 0.29) is 11.9 Å². The number of benzene rings is 1. The Hall–Kier alpha value is -1.88. The number of fused-ring (bicyclic) bond motifs is 1. The molecule has 2 unspecified atom stereocenters. The Labute approximate surface area is 117 Å². The van der Waals surface area contributed by atoms with Crippen LogP contribution in [0.1, 0.15) is 24.8 Å². The number of piperidine rings is 1. The molecule has 2 aliphatic rings. The van der Waals surface area contributed by atoms with Crippen LogP contribution in [0, 0.1) is 0 Å².